The summed E-state index contributed by atoms with van der Waals surface area (Å²) in [6.07, 6.45) is -1.22. The van der Waals surface area contributed by atoms with Gasteiger partial charge in [-0.05, 0) is 96.0 Å². The van der Waals surface area contributed by atoms with Crippen LogP contribution in [0.1, 0.15) is 63.9 Å². The van der Waals surface area contributed by atoms with Gasteiger partial charge in [-0.25, -0.2) is 14.5 Å². The Balaban J connectivity index is 1.68. The van der Waals surface area contributed by atoms with Gasteiger partial charge >= 0.3 is 12.2 Å². The SMILES string of the molecule is COc1ccc(CN2C(=O)c3ccc(Cl)cc3N(CCCN(C(=O)OC(C)(C)C)C(=O)OC(C)(C)C)c3ccccc32)cc1. The van der Waals surface area contributed by atoms with Gasteiger partial charge < -0.3 is 24.0 Å². The maximum atomic E-state index is 14.1. The normalized spacial score (nSPS) is 13.0. The van der Waals surface area contributed by atoms with E-state index in [1.165, 1.54) is 0 Å². The zero-order valence-corrected chi connectivity index (χ0v) is 27.1. The fourth-order valence-corrected chi connectivity index (χ4v) is 4.97. The highest BCUT2D eigenvalue weighted by molar-refractivity contribution is 6.31. The number of carbonyl (C=O) groups excluding carboxylic acids is 3. The highest BCUT2D eigenvalue weighted by Gasteiger charge is 2.33. The molecule has 0 saturated heterocycles. The number of para-hydroxylation sites is 2. The Morgan fingerprint density at radius 2 is 1.36 bits per heavy atom. The van der Waals surface area contributed by atoms with Crippen molar-refractivity contribution in [2.24, 2.45) is 0 Å². The second-order valence-electron chi connectivity index (χ2n) is 12.5. The molecule has 0 aliphatic carbocycles. The lowest BCUT2D eigenvalue weighted by Crippen LogP contribution is -2.44. The Labute approximate surface area is 264 Å². The van der Waals surface area contributed by atoms with Crippen molar-refractivity contribution in [3.63, 3.8) is 0 Å². The predicted molar refractivity (Wildman–Crippen MR) is 172 cm³/mol. The molecule has 234 valence electrons. The highest BCUT2D eigenvalue weighted by Crippen LogP contribution is 2.42. The molecular weight excluding hydrogens is 582 g/mol. The van der Waals surface area contributed by atoms with E-state index in [1.54, 1.807) is 71.8 Å². The van der Waals surface area contributed by atoms with E-state index in [1.807, 2.05) is 53.4 Å². The quantitative estimate of drug-likeness (QED) is 0.263. The second-order valence-corrected chi connectivity index (χ2v) is 12.9. The largest absolute Gasteiger partial charge is 0.497 e. The molecule has 0 fully saturated rings. The van der Waals surface area contributed by atoms with Crippen molar-refractivity contribution in [1.29, 1.82) is 0 Å². The van der Waals surface area contributed by atoms with E-state index >= 15 is 0 Å². The number of anilines is 3. The summed E-state index contributed by atoms with van der Waals surface area (Å²) in [5.74, 6) is 0.556. The third kappa shape index (κ3) is 8.02. The average Bonchev–Trinajstić information content (AvgIpc) is 3.02. The molecule has 0 bridgehead atoms. The van der Waals surface area contributed by atoms with Gasteiger partial charge in [0.15, 0.2) is 0 Å². The molecule has 1 aliphatic heterocycles. The topological polar surface area (TPSA) is 88.6 Å². The summed E-state index contributed by atoms with van der Waals surface area (Å²) in [5.41, 5.74) is 1.95. The molecule has 0 unspecified atom stereocenters. The molecule has 9 nitrogen and oxygen atoms in total. The summed E-state index contributed by atoms with van der Waals surface area (Å²) in [6.45, 7) is 11.1. The number of hydrogen-bond acceptors (Lipinski definition) is 7. The summed E-state index contributed by atoms with van der Waals surface area (Å²) in [5, 5.41) is 0.478. The number of halogens is 1. The first kappa shape index (κ1) is 32.7. The lowest BCUT2D eigenvalue weighted by Gasteiger charge is -2.30. The first-order valence-corrected chi connectivity index (χ1v) is 14.9. The van der Waals surface area contributed by atoms with Gasteiger partial charge in [0.2, 0.25) is 0 Å². The number of rotatable bonds is 7. The molecule has 3 aromatic rings. The molecule has 1 aliphatic rings. The minimum absolute atomic E-state index is 0.0297. The molecule has 10 heteroatoms. The first-order chi connectivity index (χ1) is 20.7. The minimum atomic E-state index is -0.801. The van der Waals surface area contributed by atoms with Gasteiger partial charge in [-0.3, -0.25) is 4.79 Å². The molecule has 1 heterocycles. The van der Waals surface area contributed by atoms with E-state index in [-0.39, 0.29) is 12.5 Å². The third-order valence-electron chi connectivity index (χ3n) is 6.68. The summed E-state index contributed by atoms with van der Waals surface area (Å²) in [6, 6.07) is 20.4. The van der Waals surface area contributed by atoms with Gasteiger partial charge in [0, 0.05) is 18.1 Å². The number of imide groups is 1. The van der Waals surface area contributed by atoms with E-state index < -0.39 is 23.4 Å². The number of amides is 3. The summed E-state index contributed by atoms with van der Waals surface area (Å²) < 4.78 is 16.3. The zero-order chi connectivity index (χ0) is 32.2. The lowest BCUT2D eigenvalue weighted by molar-refractivity contribution is 0.00139. The van der Waals surface area contributed by atoms with E-state index in [9.17, 15) is 14.4 Å². The first-order valence-electron chi connectivity index (χ1n) is 14.5. The van der Waals surface area contributed by atoms with Crippen LogP contribution in [0.2, 0.25) is 5.02 Å². The summed E-state index contributed by atoms with van der Waals surface area (Å²) in [7, 11) is 1.61. The van der Waals surface area contributed by atoms with E-state index in [4.69, 9.17) is 25.8 Å². The van der Waals surface area contributed by atoms with Crippen LogP contribution in [0, 0.1) is 0 Å². The maximum Gasteiger partial charge on any atom is 0.419 e. The van der Waals surface area contributed by atoms with Gasteiger partial charge in [-0.1, -0.05) is 35.9 Å². The number of nitrogens with zero attached hydrogens (tertiary/aromatic N) is 3. The fraction of sp³-hybridized carbons (Fsp3) is 0.382. The minimum Gasteiger partial charge on any atom is -0.497 e. The van der Waals surface area contributed by atoms with Crippen LogP contribution in [-0.4, -0.2) is 54.4 Å². The maximum absolute atomic E-state index is 14.1. The third-order valence-corrected chi connectivity index (χ3v) is 6.92. The van der Waals surface area contributed by atoms with E-state index in [0.717, 1.165) is 27.6 Å². The molecule has 3 amide bonds. The van der Waals surface area contributed by atoms with Crippen LogP contribution in [0.3, 0.4) is 0 Å². The zero-order valence-electron chi connectivity index (χ0n) is 26.3. The molecule has 0 saturated carbocycles. The Morgan fingerprint density at radius 3 is 1.91 bits per heavy atom. The Hall–Kier alpha value is -4.24. The van der Waals surface area contributed by atoms with Gasteiger partial charge in [-0.15, -0.1) is 0 Å². The molecule has 3 aromatic carbocycles. The van der Waals surface area contributed by atoms with Crippen molar-refractivity contribution >= 4 is 46.8 Å². The van der Waals surface area contributed by atoms with Crippen LogP contribution in [0.25, 0.3) is 0 Å². The van der Waals surface area contributed by atoms with Crippen molar-refractivity contribution in [3.05, 3.63) is 82.9 Å². The van der Waals surface area contributed by atoms with Crippen molar-refractivity contribution in [1.82, 2.24) is 4.90 Å². The van der Waals surface area contributed by atoms with Crippen LogP contribution in [-0.2, 0) is 16.0 Å². The second kappa shape index (κ2) is 13.2. The Kier molecular flexibility index (Phi) is 9.78. The van der Waals surface area contributed by atoms with Crippen molar-refractivity contribution < 1.29 is 28.6 Å². The number of methoxy groups -OCH3 is 1. The van der Waals surface area contributed by atoms with Crippen molar-refractivity contribution in [2.45, 2.75) is 65.7 Å². The van der Waals surface area contributed by atoms with Crippen LogP contribution in [0.5, 0.6) is 5.75 Å². The highest BCUT2D eigenvalue weighted by atomic mass is 35.5. The monoisotopic (exact) mass is 621 g/mol. The van der Waals surface area contributed by atoms with Gasteiger partial charge in [0.1, 0.15) is 17.0 Å². The molecule has 44 heavy (non-hydrogen) atoms. The van der Waals surface area contributed by atoms with Gasteiger partial charge in [-0.2, -0.15) is 0 Å². The van der Waals surface area contributed by atoms with E-state index in [2.05, 4.69) is 0 Å². The molecular formula is C34H40ClN3O6. The molecule has 0 N–H and O–H groups in total. The van der Waals surface area contributed by atoms with Crippen molar-refractivity contribution in [3.8, 4) is 5.75 Å². The van der Waals surface area contributed by atoms with Crippen LogP contribution >= 0.6 is 11.6 Å². The molecule has 0 aromatic heterocycles. The Bertz CT molecular complexity index is 1480. The summed E-state index contributed by atoms with van der Waals surface area (Å²) >= 11 is 6.46. The van der Waals surface area contributed by atoms with Gasteiger partial charge in [0.05, 0.1) is 36.3 Å². The number of fused-ring (bicyclic) bond motifs is 2. The number of hydrogen-bond donors (Lipinski definition) is 0. The van der Waals surface area contributed by atoms with E-state index in [0.29, 0.717) is 35.8 Å². The molecule has 0 radical (unpaired) electrons. The smallest absolute Gasteiger partial charge is 0.419 e. The Morgan fingerprint density at radius 1 is 0.795 bits per heavy atom. The van der Waals surface area contributed by atoms with Crippen LogP contribution < -0.4 is 14.5 Å². The van der Waals surface area contributed by atoms with Crippen LogP contribution in [0.4, 0.5) is 26.7 Å². The average molecular weight is 622 g/mol. The standard InChI is InChI=1S/C34H40ClN3O6/c1-33(2,3)43-31(40)37(32(41)44-34(4,5)6)20-10-19-36-27-11-8-9-12-28(27)38(22-23-13-16-25(42-7)17-14-23)30(39)26-18-15-24(35)21-29(26)36/h8-9,11-18,21H,10,19-20,22H2,1-7H3. The molecule has 0 atom stereocenters. The van der Waals surface area contributed by atoms with Crippen LogP contribution in [0.15, 0.2) is 66.7 Å². The number of benzene rings is 3. The predicted octanol–water partition coefficient (Wildman–Crippen LogP) is 8.21. The fourth-order valence-electron chi connectivity index (χ4n) is 4.80. The van der Waals surface area contributed by atoms with Gasteiger partial charge in [0.25, 0.3) is 5.91 Å². The van der Waals surface area contributed by atoms with Crippen molar-refractivity contribution in [2.75, 3.05) is 30.0 Å². The lowest BCUT2D eigenvalue weighted by atomic mass is 10.1. The molecule has 0 spiro atoms. The number of carbonyl (C=O) groups is 3. The molecule has 4 rings (SSSR count). The number of ether oxygens (including phenoxy) is 3. The summed E-state index contributed by atoms with van der Waals surface area (Å²) in [4.78, 5) is 45.0.